The molecule has 1 fully saturated rings. The van der Waals surface area contributed by atoms with E-state index in [0.29, 0.717) is 24.1 Å². The normalized spacial score (nSPS) is 18.6. The monoisotopic (exact) mass is 354 g/mol. The third-order valence-electron chi connectivity index (χ3n) is 4.51. The van der Waals surface area contributed by atoms with Crippen LogP contribution < -0.4 is 15.4 Å². The van der Waals surface area contributed by atoms with E-state index in [9.17, 15) is 8.78 Å². The third kappa shape index (κ3) is 5.85. The molecule has 1 aliphatic rings. The number of ether oxygens (including phenoxy) is 1. The highest BCUT2D eigenvalue weighted by Crippen LogP contribution is 2.22. The first kappa shape index (κ1) is 19.4. The van der Waals surface area contributed by atoms with Gasteiger partial charge < -0.3 is 15.4 Å². The van der Waals surface area contributed by atoms with Crippen LogP contribution in [0.1, 0.15) is 30.9 Å². The molecule has 1 atom stereocenters. The summed E-state index contributed by atoms with van der Waals surface area (Å²) >= 11 is 0. The van der Waals surface area contributed by atoms with Crippen molar-refractivity contribution in [3.05, 3.63) is 29.3 Å². The molecule has 1 saturated heterocycles. The average molecular weight is 354 g/mol. The second-order valence-corrected chi connectivity index (χ2v) is 6.22. The number of hydrogen-bond acceptors (Lipinski definition) is 3. The second-order valence-electron chi connectivity index (χ2n) is 6.22. The molecule has 0 radical (unpaired) electrons. The first-order valence-corrected chi connectivity index (χ1v) is 8.76. The number of nitrogens with one attached hydrogen (secondary N) is 2. The SMILES string of the molecule is CCN1CCCC1CNC(=NC)NCc1cc(C)ccc1OC(F)F. The van der Waals surface area contributed by atoms with E-state index in [1.165, 1.54) is 12.8 Å². The summed E-state index contributed by atoms with van der Waals surface area (Å²) < 4.78 is 29.7. The molecule has 1 aliphatic heterocycles. The van der Waals surface area contributed by atoms with Crippen LogP contribution in [0.4, 0.5) is 8.78 Å². The maximum atomic E-state index is 12.5. The summed E-state index contributed by atoms with van der Waals surface area (Å²) in [5.41, 5.74) is 1.67. The largest absolute Gasteiger partial charge is 0.434 e. The molecule has 1 aromatic carbocycles. The van der Waals surface area contributed by atoms with E-state index in [1.807, 2.05) is 13.0 Å². The first-order valence-electron chi connectivity index (χ1n) is 8.76. The Morgan fingerprint density at radius 1 is 1.40 bits per heavy atom. The van der Waals surface area contributed by atoms with Gasteiger partial charge in [-0.2, -0.15) is 8.78 Å². The highest BCUT2D eigenvalue weighted by atomic mass is 19.3. The first-order chi connectivity index (χ1) is 12.0. The predicted molar refractivity (Wildman–Crippen MR) is 96.3 cm³/mol. The summed E-state index contributed by atoms with van der Waals surface area (Å²) in [5.74, 6) is 0.851. The van der Waals surface area contributed by atoms with Gasteiger partial charge in [0.05, 0.1) is 0 Å². The van der Waals surface area contributed by atoms with Crippen LogP contribution >= 0.6 is 0 Å². The predicted octanol–water partition coefficient (Wildman–Crippen LogP) is 2.75. The minimum Gasteiger partial charge on any atom is -0.434 e. The number of rotatable bonds is 7. The van der Waals surface area contributed by atoms with Crippen molar-refractivity contribution < 1.29 is 13.5 Å². The molecule has 25 heavy (non-hydrogen) atoms. The van der Waals surface area contributed by atoms with Crippen LogP contribution in [0, 0.1) is 6.92 Å². The summed E-state index contributed by atoms with van der Waals surface area (Å²) in [4.78, 5) is 6.67. The molecule has 0 bridgehead atoms. The zero-order chi connectivity index (χ0) is 18.2. The Morgan fingerprint density at radius 2 is 2.20 bits per heavy atom. The van der Waals surface area contributed by atoms with E-state index in [2.05, 4.69) is 32.2 Å². The third-order valence-corrected chi connectivity index (χ3v) is 4.51. The van der Waals surface area contributed by atoms with Crippen molar-refractivity contribution in [2.24, 2.45) is 4.99 Å². The maximum Gasteiger partial charge on any atom is 0.387 e. The zero-order valence-electron chi connectivity index (χ0n) is 15.2. The van der Waals surface area contributed by atoms with Gasteiger partial charge in [0.2, 0.25) is 0 Å². The average Bonchev–Trinajstić information content (AvgIpc) is 3.04. The van der Waals surface area contributed by atoms with Gasteiger partial charge in [0, 0.05) is 31.7 Å². The van der Waals surface area contributed by atoms with Crippen molar-refractivity contribution in [3.8, 4) is 5.75 Å². The van der Waals surface area contributed by atoms with Gasteiger partial charge in [-0.05, 0) is 38.9 Å². The van der Waals surface area contributed by atoms with E-state index in [-0.39, 0.29) is 5.75 Å². The maximum absolute atomic E-state index is 12.5. The van der Waals surface area contributed by atoms with Crippen LogP contribution in [-0.2, 0) is 6.54 Å². The van der Waals surface area contributed by atoms with Crippen molar-refractivity contribution in [2.45, 2.75) is 45.9 Å². The molecule has 7 heteroatoms. The Hall–Kier alpha value is -1.89. The fourth-order valence-electron chi connectivity index (χ4n) is 3.21. The van der Waals surface area contributed by atoms with E-state index < -0.39 is 6.61 Å². The smallest absolute Gasteiger partial charge is 0.387 e. The van der Waals surface area contributed by atoms with E-state index >= 15 is 0 Å². The molecule has 0 saturated carbocycles. The van der Waals surface area contributed by atoms with E-state index in [1.54, 1.807) is 19.2 Å². The molecule has 5 nitrogen and oxygen atoms in total. The van der Waals surface area contributed by atoms with E-state index in [4.69, 9.17) is 0 Å². The van der Waals surface area contributed by atoms with Crippen molar-refractivity contribution in [1.29, 1.82) is 0 Å². The highest BCUT2D eigenvalue weighted by Gasteiger charge is 2.22. The number of alkyl halides is 2. The topological polar surface area (TPSA) is 48.9 Å². The lowest BCUT2D eigenvalue weighted by molar-refractivity contribution is -0.0504. The Balaban J connectivity index is 1.91. The van der Waals surface area contributed by atoms with Gasteiger partial charge in [0.25, 0.3) is 0 Å². The molecule has 2 N–H and O–H groups in total. The van der Waals surface area contributed by atoms with Crippen LogP contribution in [0.5, 0.6) is 5.75 Å². The lowest BCUT2D eigenvalue weighted by Gasteiger charge is -2.24. The molecule has 0 aliphatic carbocycles. The number of aryl methyl sites for hydroxylation is 1. The number of likely N-dealkylation sites (N-methyl/N-ethyl adjacent to an activating group) is 1. The van der Waals surface area contributed by atoms with Crippen LogP contribution in [0.15, 0.2) is 23.2 Å². The Kier molecular flexibility index (Phi) is 7.43. The van der Waals surface area contributed by atoms with Crippen LogP contribution in [0.25, 0.3) is 0 Å². The van der Waals surface area contributed by atoms with Gasteiger partial charge in [-0.25, -0.2) is 0 Å². The number of guanidine groups is 1. The molecule has 1 heterocycles. The molecular formula is C18H28F2N4O. The Labute approximate surface area is 148 Å². The lowest BCUT2D eigenvalue weighted by atomic mass is 10.1. The van der Waals surface area contributed by atoms with E-state index in [0.717, 1.165) is 25.2 Å². The standard InChI is InChI=1S/C18H28F2N4O/c1-4-24-9-5-6-15(24)12-23-18(21-3)22-11-14-10-13(2)7-8-16(14)25-17(19)20/h7-8,10,15,17H,4-6,9,11-12H2,1-3H3,(H2,21,22,23). The number of benzene rings is 1. The zero-order valence-corrected chi connectivity index (χ0v) is 15.2. The number of hydrogen-bond donors (Lipinski definition) is 2. The second kappa shape index (κ2) is 9.56. The molecule has 2 rings (SSSR count). The number of halogens is 2. The van der Waals surface area contributed by atoms with Crippen molar-refractivity contribution >= 4 is 5.96 Å². The van der Waals surface area contributed by atoms with Crippen molar-refractivity contribution in [1.82, 2.24) is 15.5 Å². The van der Waals surface area contributed by atoms with Gasteiger partial charge in [-0.15, -0.1) is 0 Å². The van der Waals surface area contributed by atoms with Crippen LogP contribution in [0.2, 0.25) is 0 Å². The minimum atomic E-state index is -2.83. The van der Waals surface area contributed by atoms with Gasteiger partial charge in [-0.3, -0.25) is 9.89 Å². The highest BCUT2D eigenvalue weighted by molar-refractivity contribution is 5.79. The quantitative estimate of drug-likeness (QED) is 0.584. The summed E-state index contributed by atoms with van der Waals surface area (Å²) in [5, 5.41) is 6.51. The molecule has 1 aromatic rings. The number of aliphatic imine (C=N–C) groups is 1. The molecule has 0 aromatic heterocycles. The molecule has 0 spiro atoms. The molecular weight excluding hydrogens is 326 g/mol. The molecule has 1 unspecified atom stereocenters. The lowest BCUT2D eigenvalue weighted by Crippen LogP contribution is -2.44. The Bertz CT molecular complexity index is 580. The number of nitrogens with zero attached hydrogens (tertiary/aromatic N) is 2. The number of likely N-dealkylation sites (tertiary alicyclic amines) is 1. The van der Waals surface area contributed by atoms with Crippen molar-refractivity contribution in [2.75, 3.05) is 26.7 Å². The van der Waals surface area contributed by atoms with Gasteiger partial charge in [0.1, 0.15) is 5.75 Å². The van der Waals surface area contributed by atoms with Crippen LogP contribution in [-0.4, -0.2) is 50.2 Å². The van der Waals surface area contributed by atoms with Crippen LogP contribution in [0.3, 0.4) is 0 Å². The van der Waals surface area contributed by atoms with Gasteiger partial charge >= 0.3 is 6.61 Å². The summed E-state index contributed by atoms with van der Waals surface area (Å²) in [6, 6.07) is 5.69. The van der Waals surface area contributed by atoms with Crippen molar-refractivity contribution in [3.63, 3.8) is 0 Å². The fraction of sp³-hybridized carbons (Fsp3) is 0.611. The summed E-state index contributed by atoms with van der Waals surface area (Å²) in [6.07, 6.45) is 2.41. The molecule has 140 valence electrons. The minimum absolute atomic E-state index is 0.191. The summed E-state index contributed by atoms with van der Waals surface area (Å²) in [6.45, 7) is 4.65. The van der Waals surface area contributed by atoms with Gasteiger partial charge in [0.15, 0.2) is 5.96 Å². The molecule has 0 amide bonds. The fourth-order valence-corrected chi connectivity index (χ4v) is 3.21. The Morgan fingerprint density at radius 3 is 2.88 bits per heavy atom. The summed E-state index contributed by atoms with van der Waals surface area (Å²) in [7, 11) is 1.70. The van der Waals surface area contributed by atoms with Gasteiger partial charge in [-0.1, -0.05) is 24.6 Å².